The first-order chi connectivity index (χ1) is 15.5. The zero-order valence-corrected chi connectivity index (χ0v) is 18.1. The molecule has 0 unspecified atom stereocenters. The molecule has 170 valence electrons. The third-order valence-corrected chi connectivity index (χ3v) is 6.11. The van der Waals surface area contributed by atoms with E-state index < -0.39 is 21.6 Å². The molecule has 4 rings (SSSR count). The minimum absolute atomic E-state index is 0.174. The lowest BCUT2D eigenvalue weighted by Crippen LogP contribution is -2.05. The predicted octanol–water partition coefficient (Wildman–Crippen LogP) is 4.06. The minimum Gasteiger partial charge on any atom is -0.383 e. The van der Waals surface area contributed by atoms with Crippen molar-refractivity contribution in [2.45, 2.75) is 17.6 Å². The maximum atomic E-state index is 12.8. The highest BCUT2D eigenvalue weighted by molar-refractivity contribution is 7.90. The molecule has 33 heavy (non-hydrogen) atoms. The van der Waals surface area contributed by atoms with E-state index in [1.165, 1.54) is 30.6 Å². The molecule has 11 heteroatoms. The molecule has 0 bridgehead atoms. The SMILES string of the molecule is CS(=O)(=O)c1ccc(-c2c(N)ncnc2-c2cnn(Cc3ccc(C(F)(F)F)cc3)c2)cc1. The third-order valence-electron chi connectivity index (χ3n) is 4.98. The number of benzene rings is 2. The molecular formula is C22H18F3N5O2S. The van der Waals surface area contributed by atoms with Gasteiger partial charge in [-0.25, -0.2) is 18.4 Å². The molecule has 0 saturated carbocycles. The molecule has 0 radical (unpaired) electrons. The lowest BCUT2D eigenvalue weighted by Gasteiger charge is -2.10. The number of rotatable bonds is 5. The lowest BCUT2D eigenvalue weighted by molar-refractivity contribution is -0.137. The van der Waals surface area contributed by atoms with Crippen molar-refractivity contribution >= 4 is 15.7 Å². The smallest absolute Gasteiger partial charge is 0.383 e. The Bertz CT molecular complexity index is 1400. The van der Waals surface area contributed by atoms with Gasteiger partial charge in [-0.15, -0.1) is 0 Å². The van der Waals surface area contributed by atoms with Gasteiger partial charge in [-0.05, 0) is 35.4 Å². The average Bonchev–Trinajstić information content (AvgIpc) is 3.21. The van der Waals surface area contributed by atoms with Gasteiger partial charge in [-0.3, -0.25) is 4.68 Å². The third kappa shape index (κ3) is 4.87. The van der Waals surface area contributed by atoms with Crippen molar-refractivity contribution in [1.82, 2.24) is 19.7 Å². The second-order valence-electron chi connectivity index (χ2n) is 7.40. The quantitative estimate of drug-likeness (QED) is 0.469. The average molecular weight is 473 g/mol. The highest BCUT2D eigenvalue weighted by Gasteiger charge is 2.29. The fourth-order valence-electron chi connectivity index (χ4n) is 3.33. The van der Waals surface area contributed by atoms with Crippen LogP contribution in [-0.2, 0) is 22.6 Å². The molecule has 0 atom stereocenters. The van der Waals surface area contributed by atoms with E-state index in [-0.39, 0.29) is 17.3 Å². The number of anilines is 1. The molecule has 2 N–H and O–H groups in total. The van der Waals surface area contributed by atoms with E-state index in [1.807, 2.05) is 0 Å². The van der Waals surface area contributed by atoms with Crippen LogP contribution in [0.15, 0.2) is 72.1 Å². The Morgan fingerprint density at radius 1 is 0.970 bits per heavy atom. The summed E-state index contributed by atoms with van der Waals surface area (Å²) < 4.78 is 63.3. The molecule has 7 nitrogen and oxygen atoms in total. The molecule has 0 spiro atoms. The number of alkyl halides is 3. The molecule has 0 fully saturated rings. The van der Waals surface area contributed by atoms with Crippen LogP contribution in [0.3, 0.4) is 0 Å². The number of nitrogens with two attached hydrogens (primary N) is 1. The number of nitrogen functional groups attached to an aromatic ring is 1. The molecule has 0 aliphatic heterocycles. The lowest BCUT2D eigenvalue weighted by atomic mass is 10.0. The van der Waals surface area contributed by atoms with Gasteiger partial charge in [0.15, 0.2) is 9.84 Å². The summed E-state index contributed by atoms with van der Waals surface area (Å²) in [5.74, 6) is 0.211. The summed E-state index contributed by atoms with van der Waals surface area (Å²) in [6, 6.07) is 11.1. The van der Waals surface area contributed by atoms with Crippen LogP contribution >= 0.6 is 0 Å². The number of sulfone groups is 1. The largest absolute Gasteiger partial charge is 0.416 e. The van der Waals surface area contributed by atoms with E-state index in [0.29, 0.717) is 27.9 Å². The van der Waals surface area contributed by atoms with Gasteiger partial charge in [0.25, 0.3) is 0 Å². The topological polar surface area (TPSA) is 104 Å². The fraction of sp³-hybridized carbons (Fsp3) is 0.136. The molecular weight excluding hydrogens is 455 g/mol. The van der Waals surface area contributed by atoms with Crippen molar-refractivity contribution < 1.29 is 21.6 Å². The molecule has 0 saturated heterocycles. The second-order valence-corrected chi connectivity index (χ2v) is 9.42. The van der Waals surface area contributed by atoms with Crippen molar-refractivity contribution in [3.63, 3.8) is 0 Å². The van der Waals surface area contributed by atoms with E-state index in [2.05, 4.69) is 15.1 Å². The van der Waals surface area contributed by atoms with Gasteiger partial charge in [0.05, 0.1) is 34.5 Å². The summed E-state index contributed by atoms with van der Waals surface area (Å²) in [6.07, 6.45) is 1.32. The van der Waals surface area contributed by atoms with E-state index in [9.17, 15) is 21.6 Å². The zero-order chi connectivity index (χ0) is 23.8. The summed E-state index contributed by atoms with van der Waals surface area (Å²) >= 11 is 0. The maximum Gasteiger partial charge on any atom is 0.416 e. The fourth-order valence-corrected chi connectivity index (χ4v) is 3.96. The Morgan fingerprint density at radius 3 is 2.24 bits per heavy atom. The highest BCUT2D eigenvalue weighted by Crippen LogP contribution is 2.34. The van der Waals surface area contributed by atoms with E-state index >= 15 is 0 Å². The maximum absolute atomic E-state index is 12.8. The van der Waals surface area contributed by atoms with Gasteiger partial charge < -0.3 is 5.73 Å². The van der Waals surface area contributed by atoms with Crippen LogP contribution < -0.4 is 5.73 Å². The first-order valence-electron chi connectivity index (χ1n) is 9.62. The van der Waals surface area contributed by atoms with Crippen molar-refractivity contribution in [2.75, 3.05) is 12.0 Å². The van der Waals surface area contributed by atoms with Crippen LogP contribution in [0.5, 0.6) is 0 Å². The first kappa shape index (κ1) is 22.5. The van der Waals surface area contributed by atoms with Crippen LogP contribution in [0.25, 0.3) is 22.4 Å². The van der Waals surface area contributed by atoms with Crippen LogP contribution in [0.2, 0.25) is 0 Å². The van der Waals surface area contributed by atoms with Crippen LogP contribution in [0.4, 0.5) is 19.0 Å². The number of aromatic nitrogens is 4. The predicted molar refractivity (Wildman–Crippen MR) is 117 cm³/mol. The monoisotopic (exact) mass is 473 g/mol. The summed E-state index contributed by atoms with van der Waals surface area (Å²) in [4.78, 5) is 8.55. The van der Waals surface area contributed by atoms with Gasteiger partial charge in [0.2, 0.25) is 0 Å². The summed E-state index contributed by atoms with van der Waals surface area (Å²) in [6.45, 7) is 0.261. The number of halogens is 3. The Morgan fingerprint density at radius 2 is 1.64 bits per heavy atom. The van der Waals surface area contributed by atoms with Crippen molar-refractivity contribution in [3.05, 3.63) is 78.4 Å². The first-order valence-corrected chi connectivity index (χ1v) is 11.5. The molecule has 2 aromatic carbocycles. The number of nitrogens with zero attached hydrogens (tertiary/aromatic N) is 4. The van der Waals surface area contributed by atoms with Crippen LogP contribution in [0, 0.1) is 0 Å². The Hall–Kier alpha value is -3.73. The number of hydrogen-bond acceptors (Lipinski definition) is 6. The Kier molecular flexibility index (Phi) is 5.66. The molecule has 2 aromatic heterocycles. The second kappa shape index (κ2) is 8.32. The number of hydrogen-bond donors (Lipinski definition) is 1. The summed E-state index contributed by atoms with van der Waals surface area (Å²) in [7, 11) is -3.35. The van der Waals surface area contributed by atoms with E-state index in [0.717, 1.165) is 18.4 Å². The van der Waals surface area contributed by atoms with Gasteiger partial charge in [0, 0.05) is 18.0 Å². The van der Waals surface area contributed by atoms with Gasteiger partial charge in [0.1, 0.15) is 12.1 Å². The Balaban J connectivity index is 1.64. The van der Waals surface area contributed by atoms with Crippen molar-refractivity contribution in [3.8, 4) is 22.4 Å². The summed E-state index contributed by atoms with van der Waals surface area (Å²) in [5.41, 5.74) is 8.31. The molecule has 0 aliphatic carbocycles. The van der Waals surface area contributed by atoms with Gasteiger partial charge >= 0.3 is 6.18 Å². The molecule has 4 aromatic rings. The molecule has 0 amide bonds. The van der Waals surface area contributed by atoms with Crippen molar-refractivity contribution in [1.29, 1.82) is 0 Å². The van der Waals surface area contributed by atoms with Gasteiger partial charge in [-0.2, -0.15) is 18.3 Å². The van der Waals surface area contributed by atoms with Crippen LogP contribution in [0.1, 0.15) is 11.1 Å². The van der Waals surface area contributed by atoms with E-state index in [1.54, 1.807) is 29.2 Å². The van der Waals surface area contributed by atoms with E-state index in [4.69, 9.17) is 5.73 Å². The standard InChI is InChI=1S/C22H18F3N5O2S/c1-33(31,32)18-8-4-15(5-9-18)19-20(27-13-28-21(19)26)16-10-29-30(12-16)11-14-2-6-17(7-3-14)22(23,24)25/h2-10,12-13H,11H2,1H3,(H2,26,27,28). The van der Waals surface area contributed by atoms with Crippen LogP contribution in [-0.4, -0.2) is 34.4 Å². The normalized spacial score (nSPS) is 12.1. The highest BCUT2D eigenvalue weighted by atomic mass is 32.2. The molecule has 2 heterocycles. The van der Waals surface area contributed by atoms with Gasteiger partial charge in [-0.1, -0.05) is 24.3 Å². The Labute approximate surface area is 187 Å². The van der Waals surface area contributed by atoms with Crippen molar-refractivity contribution in [2.24, 2.45) is 0 Å². The summed E-state index contributed by atoms with van der Waals surface area (Å²) in [5, 5.41) is 4.28. The molecule has 0 aliphatic rings. The minimum atomic E-state index is -4.39. The zero-order valence-electron chi connectivity index (χ0n) is 17.3.